The number of anilines is 2. The molecule has 0 radical (unpaired) electrons. The fraction of sp³-hybridized carbons (Fsp3) is 0.333. The molecule has 1 heterocycles. The Labute approximate surface area is 165 Å². The van der Waals surface area contributed by atoms with Crippen molar-refractivity contribution in [2.75, 3.05) is 44.5 Å². The maximum absolute atomic E-state index is 12.4. The lowest BCUT2D eigenvalue weighted by Crippen LogP contribution is -2.37. The molecule has 3 rings (SSSR count). The maximum atomic E-state index is 12.4. The number of urea groups is 1. The van der Waals surface area contributed by atoms with Crippen LogP contribution in [0.15, 0.2) is 42.5 Å². The van der Waals surface area contributed by atoms with E-state index in [2.05, 4.69) is 46.7 Å². The van der Waals surface area contributed by atoms with E-state index in [0.717, 1.165) is 5.56 Å². The number of hydrogen-bond donors (Lipinski definition) is 2. The fourth-order valence-electron chi connectivity index (χ4n) is 3.10. The molecule has 0 aromatic heterocycles. The molecular weight excluding hydrogens is 356 g/mol. The Bertz CT molecular complexity index is 864. The third-order valence-electron chi connectivity index (χ3n) is 4.84. The summed E-state index contributed by atoms with van der Waals surface area (Å²) in [5.74, 6) is 0.501. The van der Waals surface area contributed by atoms with Crippen LogP contribution < -0.4 is 20.3 Å². The minimum absolute atomic E-state index is 0.0295. The summed E-state index contributed by atoms with van der Waals surface area (Å²) in [6.07, 6.45) is 0. The van der Waals surface area contributed by atoms with Gasteiger partial charge in [0.2, 0.25) is 0 Å². The highest BCUT2D eigenvalue weighted by Gasteiger charge is 2.22. The van der Waals surface area contributed by atoms with Crippen molar-refractivity contribution >= 4 is 23.3 Å². The molecule has 0 spiro atoms. The predicted molar refractivity (Wildman–Crippen MR) is 110 cm³/mol. The highest BCUT2D eigenvalue weighted by molar-refractivity contribution is 5.99. The number of fused-ring (bicyclic) bond motifs is 1. The van der Waals surface area contributed by atoms with E-state index in [1.807, 2.05) is 14.1 Å². The van der Waals surface area contributed by atoms with Gasteiger partial charge in [0.15, 0.2) is 6.61 Å². The van der Waals surface area contributed by atoms with Crippen LogP contribution in [0.25, 0.3) is 0 Å². The lowest BCUT2D eigenvalue weighted by atomic mass is 10.0. The van der Waals surface area contributed by atoms with E-state index in [9.17, 15) is 9.59 Å². The Morgan fingerprint density at radius 2 is 1.93 bits per heavy atom. The summed E-state index contributed by atoms with van der Waals surface area (Å²) < 4.78 is 5.40. The number of hydrogen-bond acceptors (Lipinski definition) is 4. The average molecular weight is 382 g/mol. The van der Waals surface area contributed by atoms with Crippen molar-refractivity contribution in [3.8, 4) is 5.75 Å². The lowest BCUT2D eigenvalue weighted by molar-refractivity contribution is -0.120. The molecule has 1 aliphatic rings. The van der Waals surface area contributed by atoms with Gasteiger partial charge >= 0.3 is 6.03 Å². The molecule has 1 aliphatic heterocycles. The van der Waals surface area contributed by atoms with E-state index in [-0.39, 0.29) is 24.6 Å². The van der Waals surface area contributed by atoms with Crippen LogP contribution in [-0.2, 0) is 4.79 Å². The van der Waals surface area contributed by atoms with Gasteiger partial charge < -0.3 is 25.2 Å². The largest absolute Gasteiger partial charge is 0.482 e. The highest BCUT2D eigenvalue weighted by atomic mass is 16.5. The molecule has 7 heteroatoms. The van der Waals surface area contributed by atoms with E-state index in [0.29, 0.717) is 23.7 Å². The Balaban J connectivity index is 1.63. The Morgan fingerprint density at radius 1 is 1.21 bits per heavy atom. The topological polar surface area (TPSA) is 73.9 Å². The molecule has 1 unspecified atom stereocenters. The van der Waals surface area contributed by atoms with Gasteiger partial charge in [-0.3, -0.25) is 4.79 Å². The zero-order valence-electron chi connectivity index (χ0n) is 16.7. The molecule has 1 atom stereocenters. The van der Waals surface area contributed by atoms with Crippen LogP contribution in [0.5, 0.6) is 5.75 Å². The van der Waals surface area contributed by atoms with Gasteiger partial charge in [-0.1, -0.05) is 29.8 Å². The monoisotopic (exact) mass is 382 g/mol. The minimum atomic E-state index is -0.301. The van der Waals surface area contributed by atoms with Gasteiger partial charge in [0.05, 0.1) is 11.7 Å². The number of carbonyl (C=O) groups is 2. The summed E-state index contributed by atoms with van der Waals surface area (Å²) in [4.78, 5) is 27.8. The molecule has 148 valence electrons. The van der Waals surface area contributed by atoms with Crippen molar-refractivity contribution in [2.45, 2.75) is 13.0 Å². The summed E-state index contributed by atoms with van der Waals surface area (Å²) in [7, 11) is 5.66. The Hall–Kier alpha value is -3.06. The molecule has 28 heavy (non-hydrogen) atoms. The first kappa shape index (κ1) is 19.7. The first-order valence-electron chi connectivity index (χ1n) is 9.16. The summed E-state index contributed by atoms with van der Waals surface area (Å²) in [5.41, 5.74) is 3.58. The number of amides is 3. The van der Waals surface area contributed by atoms with Crippen LogP contribution in [0.2, 0.25) is 0 Å². The smallest absolute Gasteiger partial charge is 0.319 e. The summed E-state index contributed by atoms with van der Waals surface area (Å²) >= 11 is 0. The molecular formula is C21H26N4O3. The molecule has 7 nitrogen and oxygen atoms in total. The molecule has 3 amide bonds. The van der Waals surface area contributed by atoms with Crippen LogP contribution >= 0.6 is 0 Å². The number of carbonyl (C=O) groups excluding carboxylic acids is 2. The van der Waals surface area contributed by atoms with Crippen molar-refractivity contribution in [3.63, 3.8) is 0 Å². The summed E-state index contributed by atoms with van der Waals surface area (Å²) in [5, 5.41) is 5.74. The van der Waals surface area contributed by atoms with Gasteiger partial charge in [-0.05, 0) is 44.8 Å². The fourth-order valence-corrected chi connectivity index (χ4v) is 3.10. The van der Waals surface area contributed by atoms with Crippen molar-refractivity contribution < 1.29 is 14.3 Å². The van der Waals surface area contributed by atoms with Gasteiger partial charge in [0, 0.05) is 19.3 Å². The number of ether oxygens (including phenoxy) is 1. The first-order valence-corrected chi connectivity index (χ1v) is 9.16. The van der Waals surface area contributed by atoms with Gasteiger partial charge in [0.1, 0.15) is 5.75 Å². The van der Waals surface area contributed by atoms with Crippen LogP contribution in [-0.4, -0.2) is 51.1 Å². The first-order chi connectivity index (χ1) is 13.3. The number of benzene rings is 2. The maximum Gasteiger partial charge on any atom is 0.319 e. The van der Waals surface area contributed by atoms with Gasteiger partial charge in [-0.2, -0.15) is 0 Å². The number of likely N-dealkylation sites (N-methyl/N-ethyl adjacent to an activating group) is 2. The van der Waals surface area contributed by atoms with Gasteiger partial charge in [-0.25, -0.2) is 4.79 Å². The Kier molecular flexibility index (Phi) is 5.84. The van der Waals surface area contributed by atoms with E-state index >= 15 is 0 Å². The molecule has 0 saturated carbocycles. The molecule has 0 aliphatic carbocycles. The van der Waals surface area contributed by atoms with Crippen molar-refractivity contribution in [2.24, 2.45) is 0 Å². The van der Waals surface area contributed by atoms with Gasteiger partial charge in [-0.15, -0.1) is 0 Å². The van der Waals surface area contributed by atoms with Crippen molar-refractivity contribution in [1.82, 2.24) is 10.2 Å². The van der Waals surface area contributed by atoms with E-state index in [1.54, 1.807) is 25.2 Å². The molecule has 0 saturated heterocycles. The standard InChI is InChI=1S/C21H26N4O3/c1-14-5-7-15(8-6-14)18(24(2)3)12-22-21(27)23-16-9-10-19-17(11-16)25(4)20(26)13-28-19/h5-11,18H,12-13H2,1-4H3,(H2,22,23,27). The zero-order chi connectivity index (χ0) is 20.3. The van der Waals surface area contributed by atoms with E-state index < -0.39 is 0 Å². The summed E-state index contributed by atoms with van der Waals surface area (Å²) in [6.45, 7) is 2.55. The number of nitrogens with zero attached hydrogens (tertiary/aromatic N) is 2. The van der Waals surface area contributed by atoms with E-state index in [1.165, 1.54) is 10.5 Å². The molecule has 0 fully saturated rings. The predicted octanol–water partition coefficient (Wildman–Crippen LogP) is 2.77. The van der Waals surface area contributed by atoms with Gasteiger partial charge in [0.25, 0.3) is 5.91 Å². The van der Waals surface area contributed by atoms with Crippen LogP contribution in [0.4, 0.5) is 16.2 Å². The molecule has 2 aromatic carbocycles. The van der Waals surface area contributed by atoms with E-state index in [4.69, 9.17) is 4.74 Å². The van der Waals surface area contributed by atoms with Crippen molar-refractivity contribution in [1.29, 1.82) is 0 Å². The second-order valence-corrected chi connectivity index (χ2v) is 7.15. The normalized spacial score (nSPS) is 14.3. The highest BCUT2D eigenvalue weighted by Crippen LogP contribution is 2.33. The van der Waals surface area contributed by atoms with Crippen LogP contribution in [0, 0.1) is 6.92 Å². The molecule has 2 N–H and O–H groups in total. The second kappa shape index (κ2) is 8.31. The Morgan fingerprint density at radius 3 is 2.61 bits per heavy atom. The summed E-state index contributed by atoms with van der Waals surface area (Å²) in [6, 6.07) is 13.3. The third-order valence-corrected chi connectivity index (χ3v) is 4.84. The molecule has 0 bridgehead atoms. The lowest BCUT2D eigenvalue weighted by Gasteiger charge is -2.27. The number of aryl methyl sites for hydroxylation is 1. The van der Waals surface area contributed by atoms with Crippen LogP contribution in [0.1, 0.15) is 17.2 Å². The quantitative estimate of drug-likeness (QED) is 0.834. The SMILES string of the molecule is Cc1ccc(C(CNC(=O)Nc2ccc3c(c2)N(C)C(=O)CO3)N(C)C)cc1. The minimum Gasteiger partial charge on any atom is -0.482 e. The third kappa shape index (κ3) is 4.43. The molecule has 2 aromatic rings. The number of rotatable bonds is 5. The number of nitrogens with one attached hydrogen (secondary N) is 2. The zero-order valence-corrected chi connectivity index (χ0v) is 16.7. The van der Waals surface area contributed by atoms with Crippen molar-refractivity contribution in [3.05, 3.63) is 53.6 Å². The average Bonchev–Trinajstić information content (AvgIpc) is 2.66. The van der Waals surface area contributed by atoms with Crippen LogP contribution in [0.3, 0.4) is 0 Å². The second-order valence-electron chi connectivity index (χ2n) is 7.15.